The molecule has 5 nitrogen and oxygen atoms in total. The third-order valence-corrected chi connectivity index (χ3v) is 3.73. The highest BCUT2D eigenvalue weighted by molar-refractivity contribution is 7.13. The Balaban J connectivity index is 1.99. The average Bonchev–Trinajstić information content (AvgIpc) is 2.93. The number of thiazole rings is 1. The van der Waals surface area contributed by atoms with E-state index < -0.39 is 0 Å². The fourth-order valence-electron chi connectivity index (χ4n) is 1.70. The van der Waals surface area contributed by atoms with Crippen LogP contribution in [0.25, 0.3) is 0 Å². The molecule has 106 valence electrons. The molecule has 0 bridgehead atoms. The summed E-state index contributed by atoms with van der Waals surface area (Å²) in [7, 11) is 5.73. The first-order valence-electron chi connectivity index (χ1n) is 6.28. The molecular weight excluding hydrogens is 272 g/mol. The predicted octanol–water partition coefficient (Wildman–Crippen LogP) is 2.18. The van der Waals surface area contributed by atoms with Crippen LogP contribution in [-0.4, -0.2) is 32.0 Å². The Labute approximate surface area is 122 Å². The van der Waals surface area contributed by atoms with Crippen LogP contribution in [0.4, 0.5) is 10.8 Å². The van der Waals surface area contributed by atoms with Gasteiger partial charge in [-0.2, -0.15) is 0 Å². The topological polar surface area (TPSA) is 57.3 Å². The molecular formula is C14H18N4OS. The maximum absolute atomic E-state index is 12.1. The quantitative estimate of drug-likeness (QED) is 0.886. The molecule has 2 aromatic rings. The number of benzene rings is 1. The van der Waals surface area contributed by atoms with Crippen LogP contribution >= 0.6 is 11.3 Å². The van der Waals surface area contributed by atoms with Gasteiger partial charge in [0.2, 0.25) is 0 Å². The first-order valence-corrected chi connectivity index (χ1v) is 7.16. The number of hydrogen-bond acceptors (Lipinski definition) is 5. The monoisotopic (exact) mass is 290 g/mol. The molecule has 0 aliphatic carbocycles. The van der Waals surface area contributed by atoms with Crippen LogP contribution in [0.15, 0.2) is 29.6 Å². The van der Waals surface area contributed by atoms with E-state index in [-0.39, 0.29) is 5.91 Å². The summed E-state index contributed by atoms with van der Waals surface area (Å²) in [6.07, 6.45) is 0. The van der Waals surface area contributed by atoms with Crippen molar-refractivity contribution in [3.63, 3.8) is 0 Å². The largest absolute Gasteiger partial charge is 0.378 e. The van der Waals surface area contributed by atoms with E-state index in [0.717, 1.165) is 16.5 Å². The van der Waals surface area contributed by atoms with Gasteiger partial charge in [0.05, 0.1) is 12.2 Å². The Hall–Kier alpha value is -2.08. The second kappa shape index (κ2) is 6.38. The lowest BCUT2D eigenvalue weighted by Gasteiger charge is -2.13. The second-order valence-corrected chi connectivity index (χ2v) is 5.38. The summed E-state index contributed by atoms with van der Waals surface area (Å²) in [6.45, 7) is 0.434. The standard InChI is InChI=1S/C14H18N4OS/c1-15-14-17-11(9-20-14)8-16-13(19)10-5-4-6-12(7-10)18(2)3/h4-7,9H,8H2,1-3H3,(H,15,17)(H,16,19). The maximum Gasteiger partial charge on any atom is 0.251 e. The number of anilines is 2. The zero-order chi connectivity index (χ0) is 14.5. The zero-order valence-corrected chi connectivity index (χ0v) is 12.6. The van der Waals surface area contributed by atoms with Gasteiger partial charge in [0.15, 0.2) is 5.13 Å². The van der Waals surface area contributed by atoms with E-state index in [1.54, 1.807) is 0 Å². The highest BCUT2D eigenvalue weighted by Gasteiger charge is 2.08. The number of nitrogens with one attached hydrogen (secondary N) is 2. The summed E-state index contributed by atoms with van der Waals surface area (Å²) in [5.41, 5.74) is 2.51. The van der Waals surface area contributed by atoms with Gasteiger partial charge in [-0.3, -0.25) is 4.79 Å². The van der Waals surface area contributed by atoms with Crippen molar-refractivity contribution in [1.82, 2.24) is 10.3 Å². The number of rotatable bonds is 5. The first-order chi connectivity index (χ1) is 9.60. The van der Waals surface area contributed by atoms with E-state index in [1.807, 2.05) is 55.7 Å². The molecule has 1 aromatic carbocycles. The molecule has 0 saturated heterocycles. The van der Waals surface area contributed by atoms with Crippen molar-refractivity contribution >= 4 is 28.1 Å². The van der Waals surface area contributed by atoms with Crippen molar-refractivity contribution in [2.45, 2.75) is 6.54 Å². The number of carbonyl (C=O) groups is 1. The van der Waals surface area contributed by atoms with Crippen LogP contribution in [0, 0.1) is 0 Å². The highest BCUT2D eigenvalue weighted by Crippen LogP contribution is 2.15. The molecule has 0 spiro atoms. The fourth-order valence-corrected chi connectivity index (χ4v) is 2.37. The van der Waals surface area contributed by atoms with Gasteiger partial charge in [-0.1, -0.05) is 6.07 Å². The van der Waals surface area contributed by atoms with Gasteiger partial charge in [-0.05, 0) is 18.2 Å². The molecule has 0 atom stereocenters. The first kappa shape index (κ1) is 14.3. The molecule has 0 aliphatic heterocycles. The SMILES string of the molecule is CNc1nc(CNC(=O)c2cccc(N(C)C)c2)cs1. The molecule has 1 amide bonds. The van der Waals surface area contributed by atoms with Crippen LogP contribution < -0.4 is 15.5 Å². The van der Waals surface area contributed by atoms with Gasteiger partial charge < -0.3 is 15.5 Å². The molecule has 0 fully saturated rings. The Bertz CT molecular complexity index is 594. The minimum Gasteiger partial charge on any atom is -0.378 e. The summed E-state index contributed by atoms with van der Waals surface area (Å²) in [4.78, 5) is 18.4. The van der Waals surface area contributed by atoms with Crippen LogP contribution in [-0.2, 0) is 6.54 Å². The van der Waals surface area contributed by atoms with E-state index in [4.69, 9.17) is 0 Å². The van der Waals surface area contributed by atoms with E-state index in [2.05, 4.69) is 15.6 Å². The van der Waals surface area contributed by atoms with Gasteiger partial charge in [0.1, 0.15) is 0 Å². The summed E-state index contributed by atoms with van der Waals surface area (Å²) < 4.78 is 0. The van der Waals surface area contributed by atoms with Gasteiger partial charge >= 0.3 is 0 Å². The summed E-state index contributed by atoms with van der Waals surface area (Å²) in [5.74, 6) is -0.0901. The zero-order valence-electron chi connectivity index (χ0n) is 11.8. The Morgan fingerprint density at radius 3 is 2.85 bits per heavy atom. The molecule has 1 aromatic heterocycles. The number of carbonyl (C=O) groups excluding carboxylic acids is 1. The summed E-state index contributed by atoms with van der Waals surface area (Å²) >= 11 is 1.52. The minimum absolute atomic E-state index is 0.0901. The van der Waals surface area contributed by atoms with Gasteiger partial charge in [0.25, 0.3) is 5.91 Å². The molecule has 0 aliphatic rings. The molecule has 20 heavy (non-hydrogen) atoms. The van der Waals surface area contributed by atoms with Gasteiger partial charge in [0, 0.05) is 37.8 Å². The summed E-state index contributed by atoms with van der Waals surface area (Å²) in [6, 6.07) is 7.53. The molecule has 1 heterocycles. The molecule has 0 saturated carbocycles. The van der Waals surface area contributed by atoms with E-state index in [0.29, 0.717) is 12.1 Å². The Morgan fingerprint density at radius 2 is 2.20 bits per heavy atom. The van der Waals surface area contributed by atoms with Crippen molar-refractivity contribution in [3.8, 4) is 0 Å². The molecule has 0 unspecified atom stereocenters. The number of nitrogens with zero attached hydrogens (tertiary/aromatic N) is 2. The summed E-state index contributed by atoms with van der Waals surface area (Å²) in [5, 5.41) is 8.64. The lowest BCUT2D eigenvalue weighted by atomic mass is 10.2. The number of amides is 1. The van der Waals surface area contributed by atoms with Crippen molar-refractivity contribution in [3.05, 3.63) is 40.9 Å². The minimum atomic E-state index is -0.0901. The molecule has 2 N–H and O–H groups in total. The molecule has 2 rings (SSSR count). The maximum atomic E-state index is 12.1. The van der Waals surface area contributed by atoms with Crippen molar-refractivity contribution in [2.75, 3.05) is 31.4 Å². The van der Waals surface area contributed by atoms with Crippen LogP contribution in [0.5, 0.6) is 0 Å². The van der Waals surface area contributed by atoms with Crippen molar-refractivity contribution in [2.24, 2.45) is 0 Å². The van der Waals surface area contributed by atoms with Gasteiger partial charge in [-0.25, -0.2) is 4.98 Å². The smallest absolute Gasteiger partial charge is 0.251 e. The van der Waals surface area contributed by atoms with Crippen molar-refractivity contribution < 1.29 is 4.79 Å². The van der Waals surface area contributed by atoms with Gasteiger partial charge in [-0.15, -0.1) is 11.3 Å². The van der Waals surface area contributed by atoms with E-state index in [9.17, 15) is 4.79 Å². The van der Waals surface area contributed by atoms with Crippen LogP contribution in [0.2, 0.25) is 0 Å². The number of hydrogen-bond donors (Lipinski definition) is 2. The fraction of sp³-hybridized carbons (Fsp3) is 0.286. The lowest BCUT2D eigenvalue weighted by Crippen LogP contribution is -2.23. The normalized spacial score (nSPS) is 10.2. The van der Waals surface area contributed by atoms with E-state index >= 15 is 0 Å². The molecule has 0 radical (unpaired) electrons. The highest BCUT2D eigenvalue weighted by atomic mass is 32.1. The lowest BCUT2D eigenvalue weighted by molar-refractivity contribution is 0.0950. The average molecular weight is 290 g/mol. The van der Waals surface area contributed by atoms with Crippen molar-refractivity contribution in [1.29, 1.82) is 0 Å². The van der Waals surface area contributed by atoms with Crippen LogP contribution in [0.1, 0.15) is 16.1 Å². The molecule has 6 heteroatoms. The second-order valence-electron chi connectivity index (χ2n) is 4.52. The van der Waals surface area contributed by atoms with E-state index in [1.165, 1.54) is 11.3 Å². The van der Waals surface area contributed by atoms with Crippen LogP contribution in [0.3, 0.4) is 0 Å². The Morgan fingerprint density at radius 1 is 1.40 bits per heavy atom. The third kappa shape index (κ3) is 3.48. The Kier molecular flexibility index (Phi) is 4.57. The number of aromatic nitrogens is 1. The third-order valence-electron chi connectivity index (χ3n) is 2.82. The predicted molar refractivity (Wildman–Crippen MR) is 83.6 cm³/mol.